The first kappa shape index (κ1) is 17.6. The third-order valence-electron chi connectivity index (χ3n) is 3.97. The highest BCUT2D eigenvalue weighted by molar-refractivity contribution is 5.95. The number of carbonyl (C=O) groups excluding carboxylic acids is 1. The second-order valence-electron chi connectivity index (χ2n) is 5.86. The quantitative estimate of drug-likeness (QED) is 0.657. The van der Waals surface area contributed by atoms with Gasteiger partial charge in [0, 0.05) is 12.7 Å². The topological polar surface area (TPSA) is 44.4 Å². The Balaban J connectivity index is 1.81. The predicted molar refractivity (Wildman–Crippen MR) is 102 cm³/mol. The lowest BCUT2D eigenvalue weighted by Gasteiger charge is -2.27. The van der Waals surface area contributed by atoms with Gasteiger partial charge in [0.15, 0.2) is 0 Å². The second kappa shape index (κ2) is 8.27. The number of anilines is 2. The van der Waals surface area contributed by atoms with Crippen molar-refractivity contribution in [1.29, 1.82) is 0 Å². The van der Waals surface area contributed by atoms with Crippen LogP contribution in [0.5, 0.6) is 0 Å². The van der Waals surface area contributed by atoms with E-state index in [0.717, 1.165) is 11.3 Å². The van der Waals surface area contributed by atoms with E-state index in [4.69, 9.17) is 0 Å². The fourth-order valence-corrected chi connectivity index (χ4v) is 2.60. The van der Waals surface area contributed by atoms with Gasteiger partial charge in [-0.1, -0.05) is 48.5 Å². The van der Waals surface area contributed by atoms with Gasteiger partial charge in [-0.25, -0.2) is 9.82 Å². The van der Waals surface area contributed by atoms with Crippen molar-refractivity contribution in [2.75, 3.05) is 17.4 Å². The molecule has 0 radical (unpaired) electrons. The normalized spacial score (nSPS) is 11.6. The van der Waals surface area contributed by atoms with Gasteiger partial charge in [0.05, 0.1) is 5.69 Å². The highest BCUT2D eigenvalue weighted by Gasteiger charge is 2.22. The number of hydrogen-bond acceptors (Lipinski definition) is 3. The van der Waals surface area contributed by atoms with Gasteiger partial charge < -0.3 is 10.3 Å². The van der Waals surface area contributed by atoms with Gasteiger partial charge in [-0.2, -0.15) is 0 Å². The van der Waals surface area contributed by atoms with Gasteiger partial charge >= 0.3 is 0 Å². The zero-order valence-corrected chi connectivity index (χ0v) is 14.4. The van der Waals surface area contributed by atoms with Gasteiger partial charge in [0.25, 0.3) is 0 Å². The van der Waals surface area contributed by atoms with Crippen molar-refractivity contribution in [2.24, 2.45) is 0 Å². The standard InChI is InChI=1S/C21H20FN3O/c1-25(19-10-6-3-7-11-19)24-20(16-8-4-2-5-9-16)21(26)23-18-14-12-17(22)13-15-18/h2-15,20,24H,1H3,(H,23,26)/t20-/m1/s1. The number of amides is 1. The average Bonchev–Trinajstić information content (AvgIpc) is 2.69. The summed E-state index contributed by atoms with van der Waals surface area (Å²) < 4.78 is 13.1. The van der Waals surface area contributed by atoms with Crippen LogP contribution in [0.2, 0.25) is 0 Å². The number of hydrazine groups is 1. The number of nitrogens with zero attached hydrogens (tertiary/aromatic N) is 1. The number of rotatable bonds is 6. The third-order valence-corrected chi connectivity index (χ3v) is 3.97. The molecule has 0 aliphatic heterocycles. The fraction of sp³-hybridized carbons (Fsp3) is 0.0952. The molecule has 0 aliphatic rings. The zero-order chi connectivity index (χ0) is 18.4. The third kappa shape index (κ3) is 4.46. The van der Waals surface area contributed by atoms with Crippen molar-refractivity contribution in [3.8, 4) is 0 Å². The van der Waals surface area contributed by atoms with Crippen LogP contribution < -0.4 is 15.8 Å². The minimum absolute atomic E-state index is 0.231. The Kier molecular flexibility index (Phi) is 5.61. The molecule has 0 bridgehead atoms. The smallest absolute Gasteiger partial charge is 0.247 e. The molecule has 2 N–H and O–H groups in total. The van der Waals surface area contributed by atoms with Crippen LogP contribution in [-0.4, -0.2) is 13.0 Å². The Morgan fingerprint density at radius 3 is 2.08 bits per heavy atom. The molecule has 0 heterocycles. The maximum absolute atomic E-state index is 13.1. The van der Waals surface area contributed by atoms with Crippen LogP contribution in [0.4, 0.5) is 15.8 Å². The first-order chi connectivity index (χ1) is 12.6. The molecule has 3 aromatic rings. The summed E-state index contributed by atoms with van der Waals surface area (Å²) in [6, 6.07) is 24.3. The van der Waals surface area contributed by atoms with Crippen LogP contribution in [0, 0.1) is 5.82 Å². The largest absolute Gasteiger partial charge is 0.324 e. The molecule has 3 aromatic carbocycles. The highest BCUT2D eigenvalue weighted by Crippen LogP contribution is 2.19. The van der Waals surface area contributed by atoms with Crippen molar-refractivity contribution in [3.63, 3.8) is 0 Å². The van der Waals surface area contributed by atoms with Crippen molar-refractivity contribution >= 4 is 17.3 Å². The molecule has 0 fully saturated rings. The van der Waals surface area contributed by atoms with E-state index in [-0.39, 0.29) is 11.7 Å². The van der Waals surface area contributed by atoms with Gasteiger partial charge in [-0.3, -0.25) is 4.79 Å². The summed E-state index contributed by atoms with van der Waals surface area (Å²) in [6.07, 6.45) is 0. The lowest BCUT2D eigenvalue weighted by molar-refractivity contribution is -0.118. The summed E-state index contributed by atoms with van der Waals surface area (Å²) in [4.78, 5) is 12.9. The van der Waals surface area contributed by atoms with Crippen LogP contribution >= 0.6 is 0 Å². The molecule has 26 heavy (non-hydrogen) atoms. The number of halogens is 1. The molecule has 1 amide bonds. The maximum atomic E-state index is 13.1. The minimum Gasteiger partial charge on any atom is -0.324 e. The Morgan fingerprint density at radius 1 is 0.885 bits per heavy atom. The molecule has 4 nitrogen and oxygen atoms in total. The molecule has 0 saturated heterocycles. The van der Waals surface area contributed by atoms with E-state index in [1.807, 2.05) is 72.7 Å². The average molecular weight is 349 g/mol. The van der Waals surface area contributed by atoms with Gasteiger partial charge in [0.1, 0.15) is 11.9 Å². The Labute approximate surface area is 152 Å². The summed E-state index contributed by atoms with van der Waals surface area (Å²) in [6.45, 7) is 0. The monoisotopic (exact) mass is 349 g/mol. The van der Waals surface area contributed by atoms with Crippen molar-refractivity contribution in [3.05, 3.63) is 96.3 Å². The molecule has 0 aromatic heterocycles. The molecule has 3 rings (SSSR count). The molecule has 0 spiro atoms. The molecule has 0 aliphatic carbocycles. The molecular formula is C21H20FN3O. The number of hydrogen-bond donors (Lipinski definition) is 2. The van der Waals surface area contributed by atoms with Crippen molar-refractivity contribution in [2.45, 2.75) is 6.04 Å². The summed E-state index contributed by atoms with van der Waals surface area (Å²) in [5.74, 6) is -0.574. The SMILES string of the molecule is CN(N[C@@H](C(=O)Nc1ccc(F)cc1)c1ccccc1)c1ccccc1. The van der Waals surface area contributed by atoms with E-state index in [2.05, 4.69) is 10.7 Å². The Bertz CT molecular complexity index is 838. The minimum atomic E-state index is -0.605. The van der Waals surface area contributed by atoms with Crippen LogP contribution in [0.1, 0.15) is 11.6 Å². The highest BCUT2D eigenvalue weighted by atomic mass is 19.1. The van der Waals surface area contributed by atoms with Crippen LogP contribution in [0.3, 0.4) is 0 Å². The number of nitrogens with one attached hydrogen (secondary N) is 2. The fourth-order valence-electron chi connectivity index (χ4n) is 2.60. The summed E-state index contributed by atoms with van der Waals surface area (Å²) in [7, 11) is 1.86. The maximum Gasteiger partial charge on any atom is 0.247 e. The molecule has 0 unspecified atom stereocenters. The van der Waals surface area contributed by atoms with E-state index >= 15 is 0 Å². The lowest BCUT2D eigenvalue weighted by Crippen LogP contribution is -2.43. The van der Waals surface area contributed by atoms with Gasteiger partial charge in [-0.05, 0) is 42.0 Å². The Hall–Kier alpha value is -3.18. The second-order valence-corrected chi connectivity index (χ2v) is 5.86. The van der Waals surface area contributed by atoms with Crippen LogP contribution in [0.15, 0.2) is 84.9 Å². The van der Waals surface area contributed by atoms with Crippen molar-refractivity contribution in [1.82, 2.24) is 5.43 Å². The van der Waals surface area contributed by atoms with Crippen LogP contribution in [-0.2, 0) is 4.79 Å². The summed E-state index contributed by atoms with van der Waals surface area (Å²) in [5.41, 5.74) is 5.53. The number of benzene rings is 3. The molecule has 1 atom stereocenters. The molecule has 0 saturated carbocycles. The van der Waals surface area contributed by atoms with Gasteiger partial charge in [0.2, 0.25) is 5.91 Å². The first-order valence-electron chi connectivity index (χ1n) is 8.30. The van der Waals surface area contributed by atoms with E-state index in [9.17, 15) is 9.18 Å². The molecular weight excluding hydrogens is 329 g/mol. The van der Waals surface area contributed by atoms with E-state index in [1.165, 1.54) is 24.3 Å². The molecule has 5 heteroatoms. The van der Waals surface area contributed by atoms with Gasteiger partial charge in [-0.15, -0.1) is 0 Å². The van der Waals surface area contributed by atoms with E-state index < -0.39 is 6.04 Å². The Morgan fingerprint density at radius 2 is 1.46 bits per heavy atom. The first-order valence-corrected chi connectivity index (χ1v) is 8.30. The van der Waals surface area contributed by atoms with Crippen molar-refractivity contribution < 1.29 is 9.18 Å². The molecule has 132 valence electrons. The van der Waals surface area contributed by atoms with Crippen LogP contribution in [0.25, 0.3) is 0 Å². The zero-order valence-electron chi connectivity index (χ0n) is 14.4. The number of carbonyl (C=O) groups is 1. The summed E-state index contributed by atoms with van der Waals surface area (Å²) >= 11 is 0. The lowest BCUT2D eigenvalue weighted by atomic mass is 10.1. The summed E-state index contributed by atoms with van der Waals surface area (Å²) in [5, 5.41) is 4.64. The number of para-hydroxylation sites is 1. The predicted octanol–water partition coefficient (Wildman–Crippen LogP) is 4.15. The van der Waals surface area contributed by atoms with E-state index in [1.54, 1.807) is 0 Å². The van der Waals surface area contributed by atoms with E-state index in [0.29, 0.717) is 5.69 Å².